The lowest BCUT2D eigenvalue weighted by molar-refractivity contribution is 1.14. The first-order valence-electron chi connectivity index (χ1n) is 5.88. The number of pyridine rings is 1. The average molecular weight is 271 g/mol. The Balaban J connectivity index is 2.16. The molecule has 0 saturated heterocycles. The highest BCUT2D eigenvalue weighted by molar-refractivity contribution is 6.29. The molecule has 0 aliphatic carbocycles. The van der Waals surface area contributed by atoms with Crippen molar-refractivity contribution in [3.8, 4) is 0 Å². The molecule has 0 saturated carbocycles. The van der Waals surface area contributed by atoms with Crippen LogP contribution in [0.4, 0.5) is 0 Å². The second kappa shape index (κ2) is 4.90. The Kier molecular flexibility index (Phi) is 3.09. The third kappa shape index (κ3) is 2.39. The Morgan fingerprint density at radius 3 is 2.74 bits per heavy atom. The molecule has 0 amide bonds. The van der Waals surface area contributed by atoms with Gasteiger partial charge in [-0.05, 0) is 36.6 Å². The van der Waals surface area contributed by atoms with Crippen molar-refractivity contribution in [2.75, 3.05) is 0 Å². The molecule has 1 aliphatic rings. The SMILES string of the molecule is CC1=c2nc(Cl)ccc2=NC=C(c2cncnc2)C1. The van der Waals surface area contributed by atoms with Crippen LogP contribution in [0.15, 0.2) is 42.0 Å². The average Bonchev–Trinajstić information content (AvgIpc) is 2.60. The zero-order valence-electron chi connectivity index (χ0n) is 10.3. The molecule has 2 aromatic heterocycles. The Labute approximate surface area is 115 Å². The molecular formula is C14H11ClN4. The normalized spacial score (nSPS) is 14.2. The lowest BCUT2D eigenvalue weighted by atomic mass is 10.0. The van der Waals surface area contributed by atoms with Gasteiger partial charge in [-0.15, -0.1) is 0 Å². The van der Waals surface area contributed by atoms with Gasteiger partial charge in [0, 0.05) is 24.2 Å². The number of fused-ring (bicyclic) bond motifs is 1. The third-order valence-electron chi connectivity index (χ3n) is 2.99. The molecule has 19 heavy (non-hydrogen) atoms. The van der Waals surface area contributed by atoms with Gasteiger partial charge in [0.2, 0.25) is 0 Å². The van der Waals surface area contributed by atoms with Crippen LogP contribution in [-0.4, -0.2) is 15.0 Å². The molecule has 3 heterocycles. The van der Waals surface area contributed by atoms with E-state index >= 15 is 0 Å². The smallest absolute Gasteiger partial charge is 0.129 e. The maximum absolute atomic E-state index is 5.95. The molecule has 0 N–H and O–H groups in total. The van der Waals surface area contributed by atoms with Crippen LogP contribution in [0.5, 0.6) is 0 Å². The van der Waals surface area contributed by atoms with Crippen LogP contribution in [0.2, 0.25) is 5.15 Å². The molecule has 0 atom stereocenters. The third-order valence-corrected chi connectivity index (χ3v) is 3.20. The van der Waals surface area contributed by atoms with E-state index in [4.69, 9.17) is 11.6 Å². The minimum atomic E-state index is 0.486. The first kappa shape index (κ1) is 12.0. The Hall–Kier alpha value is -2.07. The van der Waals surface area contributed by atoms with Crippen molar-refractivity contribution in [3.05, 3.63) is 58.5 Å². The molecule has 0 bridgehead atoms. The number of hydrogen-bond donors (Lipinski definition) is 0. The number of halogens is 1. The summed E-state index contributed by atoms with van der Waals surface area (Å²) in [6.07, 6.45) is 7.71. The summed E-state index contributed by atoms with van der Waals surface area (Å²) in [5.74, 6) is 0. The first-order valence-corrected chi connectivity index (χ1v) is 6.26. The largest absolute Gasteiger partial charge is 0.254 e. The van der Waals surface area contributed by atoms with E-state index < -0.39 is 0 Å². The van der Waals surface area contributed by atoms with Crippen LogP contribution in [0.3, 0.4) is 0 Å². The fourth-order valence-electron chi connectivity index (χ4n) is 2.05. The van der Waals surface area contributed by atoms with Gasteiger partial charge in [-0.1, -0.05) is 11.6 Å². The van der Waals surface area contributed by atoms with Crippen LogP contribution in [-0.2, 0) is 0 Å². The van der Waals surface area contributed by atoms with Crippen molar-refractivity contribution < 1.29 is 0 Å². The van der Waals surface area contributed by atoms with Gasteiger partial charge in [0.15, 0.2) is 0 Å². The Morgan fingerprint density at radius 1 is 1.16 bits per heavy atom. The lowest BCUT2D eigenvalue weighted by Gasteiger charge is -2.04. The molecule has 0 spiro atoms. The van der Waals surface area contributed by atoms with Gasteiger partial charge in [-0.2, -0.15) is 0 Å². The van der Waals surface area contributed by atoms with Gasteiger partial charge in [0.05, 0.1) is 10.7 Å². The van der Waals surface area contributed by atoms with Crippen molar-refractivity contribution in [2.45, 2.75) is 13.3 Å². The highest BCUT2D eigenvalue weighted by Crippen LogP contribution is 2.21. The molecule has 0 aromatic carbocycles. The molecule has 2 aromatic rings. The van der Waals surface area contributed by atoms with E-state index in [1.165, 1.54) is 6.33 Å². The number of allylic oxidation sites excluding steroid dienone is 1. The van der Waals surface area contributed by atoms with E-state index in [0.717, 1.165) is 33.8 Å². The van der Waals surface area contributed by atoms with Crippen molar-refractivity contribution in [1.29, 1.82) is 0 Å². The summed E-state index contributed by atoms with van der Waals surface area (Å²) in [5.41, 5.74) is 3.19. The summed E-state index contributed by atoms with van der Waals surface area (Å²) in [6, 6.07) is 3.64. The van der Waals surface area contributed by atoms with Gasteiger partial charge in [0.25, 0.3) is 0 Å². The monoisotopic (exact) mass is 270 g/mol. The summed E-state index contributed by atoms with van der Waals surface area (Å²) in [6.45, 7) is 2.04. The topological polar surface area (TPSA) is 51.0 Å². The second-order valence-corrected chi connectivity index (χ2v) is 4.76. The predicted octanol–water partition coefficient (Wildman–Crippen LogP) is 1.76. The van der Waals surface area contributed by atoms with E-state index in [1.807, 2.05) is 19.2 Å². The maximum atomic E-state index is 5.95. The molecule has 94 valence electrons. The van der Waals surface area contributed by atoms with Crippen LogP contribution in [0, 0.1) is 0 Å². The number of rotatable bonds is 1. The van der Waals surface area contributed by atoms with E-state index in [0.29, 0.717) is 5.15 Å². The number of nitrogens with zero attached hydrogens (tertiary/aromatic N) is 4. The van der Waals surface area contributed by atoms with Crippen LogP contribution in [0.1, 0.15) is 18.9 Å². The zero-order chi connectivity index (χ0) is 13.2. The van der Waals surface area contributed by atoms with E-state index in [1.54, 1.807) is 18.5 Å². The van der Waals surface area contributed by atoms with Crippen LogP contribution in [0.25, 0.3) is 11.1 Å². The van der Waals surface area contributed by atoms with Gasteiger partial charge < -0.3 is 0 Å². The van der Waals surface area contributed by atoms with Crippen molar-refractivity contribution in [1.82, 2.24) is 15.0 Å². The summed E-state index contributed by atoms with van der Waals surface area (Å²) in [7, 11) is 0. The highest BCUT2D eigenvalue weighted by Gasteiger charge is 2.08. The highest BCUT2D eigenvalue weighted by atomic mass is 35.5. The quantitative estimate of drug-likeness (QED) is 0.742. The fourth-order valence-corrected chi connectivity index (χ4v) is 2.20. The molecule has 1 aliphatic heterocycles. The van der Waals surface area contributed by atoms with Crippen LogP contribution < -0.4 is 10.7 Å². The van der Waals surface area contributed by atoms with Gasteiger partial charge in [-0.25, -0.2) is 15.0 Å². The second-order valence-electron chi connectivity index (χ2n) is 4.37. The number of hydrogen-bond acceptors (Lipinski definition) is 4. The molecule has 0 unspecified atom stereocenters. The van der Waals surface area contributed by atoms with Gasteiger partial charge in [0.1, 0.15) is 11.5 Å². The van der Waals surface area contributed by atoms with Crippen molar-refractivity contribution in [2.24, 2.45) is 4.99 Å². The fraction of sp³-hybridized carbons (Fsp3) is 0.143. The lowest BCUT2D eigenvalue weighted by Crippen LogP contribution is -2.29. The van der Waals surface area contributed by atoms with Gasteiger partial charge >= 0.3 is 0 Å². The molecule has 5 heteroatoms. The molecular weight excluding hydrogens is 260 g/mol. The summed E-state index contributed by atoms with van der Waals surface area (Å²) >= 11 is 5.95. The first-order chi connectivity index (χ1) is 9.24. The minimum absolute atomic E-state index is 0.486. The zero-order valence-corrected chi connectivity index (χ0v) is 11.1. The molecule has 0 radical (unpaired) electrons. The van der Waals surface area contributed by atoms with Crippen molar-refractivity contribution in [3.63, 3.8) is 0 Å². The summed E-state index contributed by atoms with van der Waals surface area (Å²) < 4.78 is 0. The van der Waals surface area contributed by atoms with E-state index in [2.05, 4.69) is 19.9 Å². The minimum Gasteiger partial charge on any atom is -0.254 e. The van der Waals surface area contributed by atoms with Crippen LogP contribution >= 0.6 is 11.6 Å². The standard InChI is InChI=1S/C14H11ClN4/c1-9-4-10(11-5-16-8-17-6-11)7-18-12-2-3-13(15)19-14(9)12/h2-3,5-8H,4H2,1H3. The predicted molar refractivity (Wildman–Crippen MR) is 73.7 cm³/mol. The maximum Gasteiger partial charge on any atom is 0.129 e. The van der Waals surface area contributed by atoms with Crippen molar-refractivity contribution >= 4 is 22.7 Å². The molecule has 3 rings (SSSR count). The summed E-state index contributed by atoms with van der Waals surface area (Å²) in [5, 5.41) is 2.18. The van der Waals surface area contributed by atoms with E-state index in [-0.39, 0.29) is 0 Å². The van der Waals surface area contributed by atoms with E-state index in [9.17, 15) is 0 Å². The Morgan fingerprint density at radius 2 is 1.95 bits per heavy atom. The molecule has 0 fully saturated rings. The van der Waals surface area contributed by atoms with Gasteiger partial charge in [-0.3, -0.25) is 4.99 Å². The molecule has 4 nitrogen and oxygen atoms in total. The number of aromatic nitrogens is 3. The summed E-state index contributed by atoms with van der Waals surface area (Å²) in [4.78, 5) is 16.9. The Bertz CT molecular complexity index is 766.